The van der Waals surface area contributed by atoms with Crippen molar-refractivity contribution in [2.24, 2.45) is 5.92 Å². The first-order valence-corrected chi connectivity index (χ1v) is 7.54. The number of hydrogen-bond acceptors (Lipinski definition) is 3. The van der Waals surface area contributed by atoms with Gasteiger partial charge in [-0.05, 0) is 24.5 Å². The Bertz CT molecular complexity index is 464. The van der Waals surface area contributed by atoms with Crippen LogP contribution in [-0.4, -0.2) is 29.7 Å². The van der Waals surface area contributed by atoms with Crippen LogP contribution in [0.5, 0.6) is 0 Å². The van der Waals surface area contributed by atoms with Crippen LogP contribution in [0.25, 0.3) is 0 Å². The Balaban J connectivity index is 1.51. The number of carbonyl (C=O) groups is 1. The predicted octanol–water partition coefficient (Wildman–Crippen LogP) is 1.69. The number of nitrogens with one attached hydrogen (secondary N) is 2. The summed E-state index contributed by atoms with van der Waals surface area (Å²) in [5.41, 5.74) is 2.26. The van der Waals surface area contributed by atoms with Gasteiger partial charge in [0.2, 0.25) is 5.91 Å². The monoisotopic (exact) mass is 274 g/mol. The molecule has 4 heteroatoms. The molecule has 2 aliphatic rings. The first-order valence-electron chi connectivity index (χ1n) is 7.54. The molecule has 108 valence electrons. The average molecular weight is 274 g/mol. The number of para-hydroxylation sites is 1. The molecule has 1 aromatic rings. The van der Waals surface area contributed by atoms with Crippen molar-refractivity contribution < 1.29 is 9.90 Å². The highest BCUT2D eigenvalue weighted by atomic mass is 16.3. The molecular formula is C16H22N2O2. The zero-order chi connectivity index (χ0) is 13.9. The van der Waals surface area contributed by atoms with E-state index in [1.165, 1.54) is 5.56 Å². The van der Waals surface area contributed by atoms with Crippen molar-refractivity contribution in [1.82, 2.24) is 5.32 Å². The van der Waals surface area contributed by atoms with E-state index in [0.717, 1.165) is 37.8 Å². The maximum Gasteiger partial charge on any atom is 0.242 e. The predicted molar refractivity (Wildman–Crippen MR) is 78.5 cm³/mol. The fraction of sp³-hybridized carbons (Fsp3) is 0.562. The number of fused-ring (bicyclic) bond motifs is 1. The molecule has 4 nitrogen and oxygen atoms in total. The van der Waals surface area contributed by atoms with Gasteiger partial charge in [0.25, 0.3) is 0 Å². The summed E-state index contributed by atoms with van der Waals surface area (Å²) in [6, 6.07) is 7.87. The first kappa shape index (κ1) is 13.4. The van der Waals surface area contributed by atoms with E-state index in [-0.39, 0.29) is 24.0 Å². The van der Waals surface area contributed by atoms with Gasteiger partial charge in [0.15, 0.2) is 0 Å². The lowest BCUT2D eigenvalue weighted by atomic mass is 9.86. The Labute approximate surface area is 119 Å². The molecule has 1 aromatic carbocycles. The second-order valence-corrected chi connectivity index (χ2v) is 5.92. The first-order chi connectivity index (χ1) is 9.74. The lowest BCUT2D eigenvalue weighted by molar-refractivity contribution is -0.122. The standard InChI is InChI=1S/C16H22N2O2/c19-15-8-4-2-6-12(15)10-17-16(20)14-9-11-5-1-3-7-13(11)18-14/h1,3,5,7,12,14-15,18-19H,2,4,6,8-10H2,(H,17,20)/t12?,14-,15?/m0/s1. The number of hydrogen-bond donors (Lipinski definition) is 3. The fourth-order valence-corrected chi connectivity index (χ4v) is 3.24. The summed E-state index contributed by atoms with van der Waals surface area (Å²) < 4.78 is 0. The van der Waals surface area contributed by atoms with E-state index in [1.54, 1.807) is 0 Å². The maximum atomic E-state index is 12.2. The van der Waals surface area contributed by atoms with E-state index >= 15 is 0 Å². The minimum Gasteiger partial charge on any atom is -0.393 e. The SMILES string of the molecule is O=C(NCC1CCCCC1O)[C@@H]1Cc2ccccc2N1. The lowest BCUT2D eigenvalue weighted by Gasteiger charge is -2.28. The zero-order valence-electron chi connectivity index (χ0n) is 11.6. The number of aliphatic hydroxyl groups excluding tert-OH is 1. The minimum atomic E-state index is -0.252. The average Bonchev–Trinajstić information content (AvgIpc) is 2.90. The topological polar surface area (TPSA) is 61.4 Å². The van der Waals surface area contributed by atoms with Crippen molar-refractivity contribution in [1.29, 1.82) is 0 Å². The van der Waals surface area contributed by atoms with E-state index in [2.05, 4.69) is 16.7 Å². The van der Waals surface area contributed by atoms with Gasteiger partial charge in [-0.2, -0.15) is 0 Å². The molecule has 3 rings (SSSR count). The molecule has 1 saturated carbocycles. The Hall–Kier alpha value is -1.55. The van der Waals surface area contributed by atoms with Gasteiger partial charge >= 0.3 is 0 Å². The molecule has 0 bridgehead atoms. The van der Waals surface area contributed by atoms with Gasteiger partial charge < -0.3 is 15.7 Å². The zero-order valence-corrected chi connectivity index (χ0v) is 11.6. The molecule has 1 heterocycles. The molecule has 0 saturated heterocycles. The molecule has 1 aliphatic carbocycles. The minimum absolute atomic E-state index is 0.0407. The van der Waals surface area contributed by atoms with Crippen molar-refractivity contribution in [2.45, 2.75) is 44.2 Å². The summed E-state index contributed by atoms with van der Waals surface area (Å²) in [6.45, 7) is 0.592. The van der Waals surface area contributed by atoms with Crippen molar-refractivity contribution >= 4 is 11.6 Å². The third-order valence-corrected chi connectivity index (χ3v) is 4.50. The van der Waals surface area contributed by atoms with E-state index in [1.807, 2.05) is 18.2 Å². The van der Waals surface area contributed by atoms with Crippen molar-refractivity contribution in [3.05, 3.63) is 29.8 Å². The molecule has 3 atom stereocenters. The highest BCUT2D eigenvalue weighted by Gasteiger charge is 2.28. The third kappa shape index (κ3) is 2.80. The summed E-state index contributed by atoms with van der Waals surface area (Å²) in [5.74, 6) is 0.260. The number of carbonyl (C=O) groups excluding carboxylic acids is 1. The fourth-order valence-electron chi connectivity index (χ4n) is 3.24. The Morgan fingerprint density at radius 1 is 1.30 bits per heavy atom. The van der Waals surface area contributed by atoms with Gasteiger partial charge in [0.05, 0.1) is 6.10 Å². The number of rotatable bonds is 3. The quantitative estimate of drug-likeness (QED) is 0.786. The maximum absolute atomic E-state index is 12.2. The van der Waals surface area contributed by atoms with Crippen LogP contribution < -0.4 is 10.6 Å². The molecule has 2 unspecified atom stereocenters. The van der Waals surface area contributed by atoms with Gasteiger partial charge in [-0.15, -0.1) is 0 Å². The van der Waals surface area contributed by atoms with Crippen LogP contribution in [0.4, 0.5) is 5.69 Å². The highest BCUT2D eigenvalue weighted by molar-refractivity contribution is 5.87. The van der Waals surface area contributed by atoms with Crippen LogP contribution in [0.15, 0.2) is 24.3 Å². The van der Waals surface area contributed by atoms with Crippen molar-refractivity contribution in [2.75, 3.05) is 11.9 Å². The van der Waals surface area contributed by atoms with Gasteiger partial charge in [0.1, 0.15) is 6.04 Å². The summed E-state index contributed by atoms with van der Waals surface area (Å²) in [5, 5.41) is 16.2. The second kappa shape index (κ2) is 5.83. The second-order valence-electron chi connectivity index (χ2n) is 5.92. The van der Waals surface area contributed by atoms with E-state index in [9.17, 15) is 9.90 Å². The molecule has 1 fully saturated rings. The molecule has 1 amide bonds. The third-order valence-electron chi connectivity index (χ3n) is 4.50. The highest BCUT2D eigenvalue weighted by Crippen LogP contribution is 2.26. The van der Waals surface area contributed by atoms with Crippen LogP contribution in [0.1, 0.15) is 31.2 Å². The number of benzene rings is 1. The molecule has 0 spiro atoms. The van der Waals surface area contributed by atoms with Crippen LogP contribution >= 0.6 is 0 Å². The summed E-state index contributed by atoms with van der Waals surface area (Å²) >= 11 is 0. The Kier molecular flexibility index (Phi) is 3.92. The van der Waals surface area contributed by atoms with Crippen molar-refractivity contribution in [3.8, 4) is 0 Å². The van der Waals surface area contributed by atoms with Gasteiger partial charge in [-0.3, -0.25) is 4.79 Å². The van der Waals surface area contributed by atoms with E-state index in [4.69, 9.17) is 0 Å². The number of aliphatic hydroxyl groups is 1. The molecule has 20 heavy (non-hydrogen) atoms. The van der Waals surface area contributed by atoms with Gasteiger partial charge in [-0.1, -0.05) is 31.0 Å². The normalized spacial score (nSPS) is 28.6. The Morgan fingerprint density at radius 2 is 2.10 bits per heavy atom. The smallest absolute Gasteiger partial charge is 0.242 e. The molecular weight excluding hydrogens is 252 g/mol. The van der Waals surface area contributed by atoms with E-state index < -0.39 is 0 Å². The van der Waals surface area contributed by atoms with E-state index in [0.29, 0.717) is 6.54 Å². The molecule has 0 aromatic heterocycles. The molecule has 0 radical (unpaired) electrons. The van der Waals surface area contributed by atoms with Crippen molar-refractivity contribution in [3.63, 3.8) is 0 Å². The summed E-state index contributed by atoms with van der Waals surface area (Å²) in [4.78, 5) is 12.2. The number of anilines is 1. The number of amides is 1. The van der Waals surface area contributed by atoms with Gasteiger partial charge in [-0.25, -0.2) is 0 Å². The largest absolute Gasteiger partial charge is 0.393 e. The van der Waals surface area contributed by atoms with Crippen LogP contribution in [-0.2, 0) is 11.2 Å². The van der Waals surface area contributed by atoms with Gasteiger partial charge in [0, 0.05) is 24.6 Å². The summed E-state index contributed by atoms with van der Waals surface area (Å²) in [7, 11) is 0. The Morgan fingerprint density at radius 3 is 2.90 bits per heavy atom. The lowest BCUT2D eigenvalue weighted by Crippen LogP contribution is -2.43. The van der Waals surface area contributed by atoms with Crippen LogP contribution in [0.3, 0.4) is 0 Å². The van der Waals surface area contributed by atoms with Crippen LogP contribution in [0.2, 0.25) is 0 Å². The molecule has 1 aliphatic heterocycles. The molecule has 3 N–H and O–H groups in total. The van der Waals surface area contributed by atoms with Crippen LogP contribution in [0, 0.1) is 5.92 Å². The summed E-state index contributed by atoms with van der Waals surface area (Å²) in [6.07, 6.45) is 4.64.